The molecule has 0 unspecified atom stereocenters. The second kappa shape index (κ2) is 8.06. The Morgan fingerprint density at radius 1 is 1.18 bits per heavy atom. The number of fused-ring (bicyclic) bond motifs is 1. The van der Waals surface area contributed by atoms with Gasteiger partial charge in [0, 0.05) is 49.0 Å². The molecule has 4 heterocycles. The van der Waals surface area contributed by atoms with Crippen molar-refractivity contribution in [2.45, 2.75) is 25.3 Å². The minimum Gasteiger partial charge on any atom is -0.342 e. The molecule has 1 fully saturated rings. The molecular formula is C21H26N6O. The topological polar surface area (TPSA) is 67.2 Å². The zero-order valence-electron chi connectivity index (χ0n) is 16.5. The Kier molecular flexibility index (Phi) is 5.34. The Balaban J connectivity index is 1.50. The zero-order valence-corrected chi connectivity index (χ0v) is 16.5. The molecule has 7 nitrogen and oxygen atoms in total. The van der Waals surface area contributed by atoms with Gasteiger partial charge in [-0.3, -0.25) is 9.78 Å². The molecule has 0 saturated carbocycles. The predicted octanol–water partition coefficient (Wildman–Crippen LogP) is 1.95. The molecule has 146 valence electrons. The molecule has 28 heavy (non-hydrogen) atoms. The summed E-state index contributed by atoms with van der Waals surface area (Å²) < 4.78 is 2.00. The van der Waals surface area contributed by atoms with Gasteiger partial charge in [0.2, 0.25) is 5.91 Å². The molecule has 0 bridgehead atoms. The lowest BCUT2D eigenvalue weighted by molar-refractivity contribution is -0.129. The number of aromatic nitrogens is 4. The normalized spacial score (nSPS) is 17.0. The third kappa shape index (κ3) is 3.89. The number of carbonyl (C=O) groups excluding carboxylic acids is 1. The highest BCUT2D eigenvalue weighted by molar-refractivity contribution is 5.80. The van der Waals surface area contributed by atoms with Crippen LogP contribution in [0.25, 0.3) is 11.0 Å². The molecule has 3 aromatic rings. The first kappa shape index (κ1) is 18.6. The fourth-order valence-electron chi connectivity index (χ4n) is 3.77. The summed E-state index contributed by atoms with van der Waals surface area (Å²) in [6, 6.07) is 9.74. The molecule has 0 N–H and O–H groups in total. The van der Waals surface area contributed by atoms with Gasteiger partial charge in [0.05, 0.1) is 18.7 Å². The maximum absolute atomic E-state index is 12.7. The van der Waals surface area contributed by atoms with E-state index in [1.807, 2.05) is 40.0 Å². The molecule has 3 aromatic heterocycles. The van der Waals surface area contributed by atoms with Crippen LogP contribution in [0, 0.1) is 0 Å². The molecule has 1 saturated heterocycles. The van der Waals surface area contributed by atoms with Gasteiger partial charge in [-0.15, -0.1) is 0 Å². The number of nitrogens with zero attached hydrogens (tertiary/aromatic N) is 6. The summed E-state index contributed by atoms with van der Waals surface area (Å²) in [5.41, 5.74) is 2.81. The highest BCUT2D eigenvalue weighted by Gasteiger charge is 2.30. The number of rotatable bonds is 6. The van der Waals surface area contributed by atoms with E-state index >= 15 is 0 Å². The maximum atomic E-state index is 12.7. The largest absolute Gasteiger partial charge is 0.342 e. The summed E-state index contributed by atoms with van der Waals surface area (Å²) in [6.07, 6.45) is 4.84. The molecule has 1 aliphatic heterocycles. The fourth-order valence-corrected chi connectivity index (χ4v) is 3.77. The summed E-state index contributed by atoms with van der Waals surface area (Å²) in [5.74, 6) is 0.385. The number of amides is 1. The van der Waals surface area contributed by atoms with Crippen molar-refractivity contribution in [1.82, 2.24) is 29.5 Å². The number of likely N-dealkylation sites (tertiary alicyclic amines) is 1. The van der Waals surface area contributed by atoms with E-state index in [2.05, 4.69) is 35.0 Å². The molecular weight excluding hydrogens is 352 g/mol. The highest BCUT2D eigenvalue weighted by Crippen LogP contribution is 2.31. The van der Waals surface area contributed by atoms with E-state index in [0.29, 0.717) is 13.0 Å². The van der Waals surface area contributed by atoms with Gasteiger partial charge in [-0.25, -0.2) is 9.67 Å². The lowest BCUT2D eigenvalue weighted by atomic mass is 10.0. The molecule has 0 radical (unpaired) electrons. The Morgan fingerprint density at radius 2 is 2.04 bits per heavy atom. The lowest BCUT2D eigenvalue weighted by Gasteiger charge is -2.16. The van der Waals surface area contributed by atoms with Crippen molar-refractivity contribution in [2.24, 2.45) is 0 Å². The Bertz CT molecular complexity index is 952. The molecule has 0 spiro atoms. The van der Waals surface area contributed by atoms with Crippen LogP contribution in [0.2, 0.25) is 0 Å². The van der Waals surface area contributed by atoms with Crippen molar-refractivity contribution in [1.29, 1.82) is 0 Å². The van der Waals surface area contributed by atoms with Gasteiger partial charge in [-0.05, 0) is 44.8 Å². The summed E-state index contributed by atoms with van der Waals surface area (Å²) in [4.78, 5) is 25.6. The predicted molar refractivity (Wildman–Crippen MR) is 108 cm³/mol. The van der Waals surface area contributed by atoms with E-state index in [0.717, 1.165) is 48.5 Å². The quantitative estimate of drug-likeness (QED) is 0.656. The van der Waals surface area contributed by atoms with E-state index in [1.165, 1.54) is 0 Å². The van der Waals surface area contributed by atoms with E-state index in [-0.39, 0.29) is 11.8 Å². The zero-order chi connectivity index (χ0) is 19.5. The van der Waals surface area contributed by atoms with Gasteiger partial charge in [0.25, 0.3) is 0 Å². The number of hydrogen-bond acceptors (Lipinski definition) is 5. The monoisotopic (exact) mass is 378 g/mol. The molecule has 1 aliphatic rings. The van der Waals surface area contributed by atoms with Gasteiger partial charge in [-0.1, -0.05) is 6.07 Å². The Labute approximate surface area is 165 Å². The van der Waals surface area contributed by atoms with Crippen LogP contribution in [0.15, 0.2) is 42.7 Å². The number of pyridine rings is 2. The van der Waals surface area contributed by atoms with Crippen LogP contribution in [0.5, 0.6) is 0 Å². The third-order valence-corrected chi connectivity index (χ3v) is 5.28. The molecule has 0 aliphatic carbocycles. The van der Waals surface area contributed by atoms with Crippen LogP contribution < -0.4 is 0 Å². The minimum atomic E-state index is 0.135. The lowest BCUT2D eigenvalue weighted by Crippen LogP contribution is -2.30. The first-order valence-corrected chi connectivity index (χ1v) is 9.75. The van der Waals surface area contributed by atoms with Crippen LogP contribution in [0.1, 0.15) is 23.7 Å². The van der Waals surface area contributed by atoms with Crippen molar-refractivity contribution in [2.75, 3.05) is 33.7 Å². The maximum Gasteiger partial charge on any atom is 0.228 e. The van der Waals surface area contributed by atoms with Crippen LogP contribution in [-0.4, -0.2) is 69.2 Å². The summed E-state index contributed by atoms with van der Waals surface area (Å²) in [6.45, 7) is 3.19. The Hall–Kier alpha value is -2.80. The van der Waals surface area contributed by atoms with Crippen molar-refractivity contribution in [3.05, 3.63) is 54.1 Å². The molecule has 4 rings (SSSR count). The van der Waals surface area contributed by atoms with Crippen LogP contribution in [0.3, 0.4) is 0 Å². The SMILES string of the molecule is CN(C)CCn1nc([C@@H]2CCN(C(=O)Cc3ccccn3)C2)c2cccnc21. The summed E-state index contributed by atoms with van der Waals surface area (Å²) in [5, 5.41) is 6.00. The van der Waals surface area contributed by atoms with Crippen LogP contribution in [-0.2, 0) is 17.8 Å². The van der Waals surface area contributed by atoms with Crippen molar-refractivity contribution in [3.63, 3.8) is 0 Å². The third-order valence-electron chi connectivity index (χ3n) is 5.28. The first-order chi connectivity index (χ1) is 13.6. The van der Waals surface area contributed by atoms with Gasteiger partial charge in [0.15, 0.2) is 5.65 Å². The molecule has 0 aromatic carbocycles. The van der Waals surface area contributed by atoms with Gasteiger partial charge in [0.1, 0.15) is 0 Å². The molecule has 7 heteroatoms. The molecule has 1 amide bonds. The smallest absolute Gasteiger partial charge is 0.228 e. The van der Waals surface area contributed by atoms with Gasteiger partial charge < -0.3 is 9.80 Å². The fraction of sp³-hybridized carbons (Fsp3) is 0.429. The second-order valence-corrected chi connectivity index (χ2v) is 7.61. The summed E-state index contributed by atoms with van der Waals surface area (Å²) in [7, 11) is 4.12. The number of hydrogen-bond donors (Lipinski definition) is 0. The van der Waals surface area contributed by atoms with Crippen LogP contribution >= 0.6 is 0 Å². The van der Waals surface area contributed by atoms with Crippen molar-refractivity contribution >= 4 is 16.9 Å². The van der Waals surface area contributed by atoms with E-state index in [4.69, 9.17) is 5.10 Å². The highest BCUT2D eigenvalue weighted by atomic mass is 16.2. The standard InChI is InChI=1S/C21H26N6O/c1-25(2)12-13-27-21-18(7-5-10-23-21)20(24-27)16-8-11-26(15-16)19(28)14-17-6-3-4-9-22-17/h3-7,9-10,16H,8,11-15H2,1-2H3/t16-/m1/s1. The number of likely N-dealkylation sites (N-methyl/N-ethyl adjacent to an activating group) is 1. The van der Waals surface area contributed by atoms with E-state index in [1.54, 1.807) is 6.20 Å². The molecule has 1 atom stereocenters. The van der Waals surface area contributed by atoms with E-state index < -0.39 is 0 Å². The summed E-state index contributed by atoms with van der Waals surface area (Å²) >= 11 is 0. The first-order valence-electron chi connectivity index (χ1n) is 9.75. The number of carbonyl (C=O) groups is 1. The average molecular weight is 378 g/mol. The van der Waals surface area contributed by atoms with Crippen molar-refractivity contribution < 1.29 is 4.79 Å². The minimum absolute atomic E-state index is 0.135. The van der Waals surface area contributed by atoms with Crippen molar-refractivity contribution in [3.8, 4) is 0 Å². The van der Waals surface area contributed by atoms with Gasteiger partial charge >= 0.3 is 0 Å². The van der Waals surface area contributed by atoms with E-state index in [9.17, 15) is 4.79 Å². The second-order valence-electron chi connectivity index (χ2n) is 7.61. The Morgan fingerprint density at radius 3 is 2.82 bits per heavy atom. The van der Waals surface area contributed by atoms with Gasteiger partial charge in [-0.2, -0.15) is 5.10 Å². The average Bonchev–Trinajstić information content (AvgIpc) is 3.32. The van der Waals surface area contributed by atoms with Crippen LogP contribution in [0.4, 0.5) is 0 Å².